The summed E-state index contributed by atoms with van der Waals surface area (Å²) in [5.74, 6) is -0.847. The second-order valence-corrected chi connectivity index (χ2v) is 4.31. The monoisotopic (exact) mass is 220 g/mol. The molecule has 0 aromatic heterocycles. The summed E-state index contributed by atoms with van der Waals surface area (Å²) in [4.78, 5) is 0. The molecule has 6 nitrogen and oxygen atoms in total. The van der Waals surface area contributed by atoms with Crippen molar-refractivity contribution in [1.82, 2.24) is 0 Å². The van der Waals surface area contributed by atoms with E-state index in [1.807, 2.05) is 0 Å². The van der Waals surface area contributed by atoms with Gasteiger partial charge in [0.15, 0.2) is 12.1 Å². The molecule has 2 saturated heterocycles. The minimum atomic E-state index is -1.16. The molecule has 0 radical (unpaired) electrons. The number of hydrogen-bond donors (Lipinski definition) is 3. The molecule has 6 heteroatoms. The minimum absolute atomic E-state index is 0.370. The summed E-state index contributed by atoms with van der Waals surface area (Å²) in [5, 5.41) is 28.3. The van der Waals surface area contributed by atoms with Crippen molar-refractivity contribution in [2.45, 2.75) is 50.3 Å². The lowest BCUT2D eigenvalue weighted by molar-refractivity contribution is -0.256. The highest BCUT2D eigenvalue weighted by Crippen LogP contribution is 2.35. The maximum atomic E-state index is 9.74. The molecule has 2 rings (SSSR count). The average molecular weight is 220 g/mol. The van der Waals surface area contributed by atoms with Crippen LogP contribution in [0, 0.1) is 0 Å². The van der Waals surface area contributed by atoms with Gasteiger partial charge in [0, 0.05) is 0 Å². The van der Waals surface area contributed by atoms with Crippen molar-refractivity contribution in [3.63, 3.8) is 0 Å². The molecule has 0 aromatic rings. The van der Waals surface area contributed by atoms with Crippen LogP contribution in [0.5, 0.6) is 0 Å². The van der Waals surface area contributed by atoms with Gasteiger partial charge in [0.25, 0.3) is 0 Å². The first kappa shape index (κ1) is 11.3. The zero-order valence-electron chi connectivity index (χ0n) is 8.66. The Labute approximate surface area is 87.4 Å². The van der Waals surface area contributed by atoms with E-state index >= 15 is 0 Å². The van der Waals surface area contributed by atoms with Crippen LogP contribution < -0.4 is 0 Å². The maximum Gasteiger partial charge on any atom is 0.190 e. The predicted molar refractivity (Wildman–Crippen MR) is 47.8 cm³/mol. The standard InChI is InChI=1S/C9H16O6/c1-9(2)14-7-6(12)5(11)4(3-10)13-8(7)15-9/h4-8,10-12H,3H2,1-2H3/t4-,5+,6+,7-,8+/m0/s1. The van der Waals surface area contributed by atoms with E-state index < -0.39 is 36.5 Å². The highest BCUT2D eigenvalue weighted by molar-refractivity contribution is 4.93. The van der Waals surface area contributed by atoms with Crippen molar-refractivity contribution < 1.29 is 29.5 Å². The fraction of sp³-hybridized carbons (Fsp3) is 1.00. The first-order chi connectivity index (χ1) is 6.94. The van der Waals surface area contributed by atoms with E-state index in [1.165, 1.54) is 0 Å². The second kappa shape index (κ2) is 3.65. The average Bonchev–Trinajstić information content (AvgIpc) is 2.47. The summed E-state index contributed by atoms with van der Waals surface area (Å²) < 4.78 is 16.0. The van der Waals surface area contributed by atoms with Crippen LogP contribution in [0.1, 0.15) is 13.8 Å². The van der Waals surface area contributed by atoms with E-state index in [0.717, 1.165) is 0 Å². The van der Waals surface area contributed by atoms with Gasteiger partial charge in [-0.25, -0.2) is 0 Å². The normalized spacial score (nSPS) is 49.0. The molecule has 2 heterocycles. The third-order valence-corrected chi connectivity index (χ3v) is 2.64. The van der Waals surface area contributed by atoms with Crippen molar-refractivity contribution in [3.05, 3.63) is 0 Å². The molecule has 0 aromatic carbocycles. The molecule has 2 aliphatic rings. The Hall–Kier alpha value is -0.240. The lowest BCUT2D eigenvalue weighted by Gasteiger charge is -2.36. The zero-order valence-corrected chi connectivity index (χ0v) is 8.66. The van der Waals surface area contributed by atoms with Crippen molar-refractivity contribution in [2.75, 3.05) is 6.61 Å². The van der Waals surface area contributed by atoms with E-state index in [-0.39, 0.29) is 6.61 Å². The molecule has 3 N–H and O–H groups in total. The molecule has 88 valence electrons. The van der Waals surface area contributed by atoms with Gasteiger partial charge in [-0.05, 0) is 13.8 Å². The Morgan fingerprint density at radius 1 is 1.13 bits per heavy atom. The van der Waals surface area contributed by atoms with Crippen LogP contribution in [0.4, 0.5) is 0 Å². The molecule has 2 aliphatic heterocycles. The van der Waals surface area contributed by atoms with Crippen molar-refractivity contribution in [2.24, 2.45) is 0 Å². The highest BCUT2D eigenvalue weighted by atomic mass is 16.8. The van der Waals surface area contributed by atoms with Gasteiger partial charge < -0.3 is 29.5 Å². The van der Waals surface area contributed by atoms with Gasteiger partial charge in [-0.2, -0.15) is 0 Å². The summed E-state index contributed by atoms with van der Waals surface area (Å²) in [5.41, 5.74) is 0. The number of fused-ring (bicyclic) bond motifs is 1. The summed E-state index contributed by atoms with van der Waals surface area (Å²) >= 11 is 0. The first-order valence-electron chi connectivity index (χ1n) is 4.93. The van der Waals surface area contributed by atoms with Gasteiger partial charge >= 0.3 is 0 Å². The third-order valence-electron chi connectivity index (χ3n) is 2.64. The molecule has 2 fully saturated rings. The SMILES string of the molecule is CC1(C)O[C@H]2O[C@@H](CO)[C@@H](O)[C@@H](O)[C@@H]2O1. The molecule has 0 amide bonds. The predicted octanol–water partition coefficient (Wildman–Crippen LogP) is -1.42. The molecule has 0 spiro atoms. The minimum Gasteiger partial charge on any atom is -0.394 e. The fourth-order valence-electron chi connectivity index (χ4n) is 1.91. The number of hydrogen-bond acceptors (Lipinski definition) is 6. The van der Waals surface area contributed by atoms with Crippen LogP contribution in [0.25, 0.3) is 0 Å². The van der Waals surface area contributed by atoms with Crippen LogP contribution in [0.3, 0.4) is 0 Å². The van der Waals surface area contributed by atoms with Crippen LogP contribution in [-0.2, 0) is 14.2 Å². The molecular weight excluding hydrogens is 204 g/mol. The number of aliphatic hydroxyl groups is 3. The Bertz CT molecular complexity index is 243. The highest BCUT2D eigenvalue weighted by Gasteiger charge is 2.53. The van der Waals surface area contributed by atoms with Gasteiger partial charge in [0.2, 0.25) is 0 Å². The lowest BCUT2D eigenvalue weighted by Crippen LogP contribution is -2.57. The van der Waals surface area contributed by atoms with Gasteiger partial charge in [-0.15, -0.1) is 0 Å². The van der Waals surface area contributed by atoms with Crippen LogP contribution >= 0.6 is 0 Å². The van der Waals surface area contributed by atoms with Gasteiger partial charge in [-0.1, -0.05) is 0 Å². The van der Waals surface area contributed by atoms with E-state index in [9.17, 15) is 10.2 Å². The van der Waals surface area contributed by atoms with Crippen molar-refractivity contribution in [1.29, 1.82) is 0 Å². The molecule has 0 bridgehead atoms. The zero-order chi connectivity index (χ0) is 11.2. The van der Waals surface area contributed by atoms with Gasteiger partial charge in [-0.3, -0.25) is 0 Å². The summed E-state index contributed by atoms with van der Waals surface area (Å²) in [6, 6.07) is 0. The number of aliphatic hydroxyl groups excluding tert-OH is 3. The van der Waals surface area contributed by atoms with Gasteiger partial charge in [0.05, 0.1) is 6.61 Å². The fourth-order valence-corrected chi connectivity index (χ4v) is 1.91. The Balaban J connectivity index is 2.13. The van der Waals surface area contributed by atoms with E-state index in [1.54, 1.807) is 13.8 Å². The smallest absolute Gasteiger partial charge is 0.190 e. The largest absolute Gasteiger partial charge is 0.394 e. The summed E-state index contributed by atoms with van der Waals surface area (Å²) in [6.07, 6.45) is -4.55. The number of ether oxygens (including phenoxy) is 3. The summed E-state index contributed by atoms with van der Waals surface area (Å²) in [7, 11) is 0. The molecule has 0 unspecified atom stereocenters. The van der Waals surface area contributed by atoms with E-state index in [4.69, 9.17) is 19.3 Å². The van der Waals surface area contributed by atoms with Gasteiger partial charge in [0.1, 0.15) is 24.4 Å². The van der Waals surface area contributed by atoms with E-state index in [2.05, 4.69) is 0 Å². The lowest BCUT2D eigenvalue weighted by atomic mass is 9.99. The van der Waals surface area contributed by atoms with Crippen LogP contribution in [0.2, 0.25) is 0 Å². The maximum absolute atomic E-state index is 9.74. The van der Waals surface area contributed by atoms with Crippen molar-refractivity contribution in [3.8, 4) is 0 Å². The molecule has 0 saturated carbocycles. The molecule has 0 aliphatic carbocycles. The Morgan fingerprint density at radius 2 is 1.80 bits per heavy atom. The molecule has 5 atom stereocenters. The topological polar surface area (TPSA) is 88.4 Å². The quantitative estimate of drug-likeness (QED) is 0.502. The Kier molecular flexibility index (Phi) is 2.74. The number of rotatable bonds is 1. The van der Waals surface area contributed by atoms with Crippen molar-refractivity contribution >= 4 is 0 Å². The molecular formula is C9H16O6. The molecule has 15 heavy (non-hydrogen) atoms. The summed E-state index contributed by atoms with van der Waals surface area (Å²) in [6.45, 7) is 3.02. The second-order valence-electron chi connectivity index (χ2n) is 4.31. The Morgan fingerprint density at radius 3 is 2.40 bits per heavy atom. The van der Waals surface area contributed by atoms with Crippen LogP contribution in [-0.4, -0.2) is 58.4 Å². The van der Waals surface area contributed by atoms with Crippen LogP contribution in [0.15, 0.2) is 0 Å². The first-order valence-corrected chi connectivity index (χ1v) is 4.93. The van der Waals surface area contributed by atoms with E-state index in [0.29, 0.717) is 0 Å². The third kappa shape index (κ3) is 1.89.